The van der Waals surface area contributed by atoms with Crippen LogP contribution in [0, 0.1) is 0 Å². The number of amides is 1. The van der Waals surface area contributed by atoms with Gasteiger partial charge in [0.25, 0.3) is 5.91 Å². The van der Waals surface area contributed by atoms with Crippen LogP contribution in [0.25, 0.3) is 0 Å². The molecule has 2 rings (SSSR count). The maximum atomic E-state index is 11.6. The number of carbonyl (C=O) groups is 1. The van der Waals surface area contributed by atoms with Gasteiger partial charge in [-0.15, -0.1) is 0 Å². The van der Waals surface area contributed by atoms with Gasteiger partial charge in [-0.1, -0.05) is 25.1 Å². The van der Waals surface area contributed by atoms with Crippen LogP contribution in [0.5, 0.6) is 5.75 Å². The van der Waals surface area contributed by atoms with Crippen LogP contribution in [0.2, 0.25) is 0 Å². The Hall–Kier alpha value is -2.69. The fourth-order valence-corrected chi connectivity index (χ4v) is 1.63. The maximum absolute atomic E-state index is 11.6. The molecule has 0 saturated heterocycles. The fourth-order valence-electron chi connectivity index (χ4n) is 1.63. The van der Waals surface area contributed by atoms with Gasteiger partial charge in [0.1, 0.15) is 5.75 Å². The van der Waals surface area contributed by atoms with E-state index in [1.807, 2.05) is 36.4 Å². The molecule has 1 N–H and O–H groups in total. The summed E-state index contributed by atoms with van der Waals surface area (Å²) in [6, 6.07) is 13.1. The van der Waals surface area contributed by atoms with Crippen LogP contribution in [0.15, 0.2) is 53.8 Å². The second-order valence-corrected chi connectivity index (χ2v) is 4.33. The summed E-state index contributed by atoms with van der Waals surface area (Å²) in [6.45, 7) is 2.01. The Morgan fingerprint density at radius 2 is 2.10 bits per heavy atom. The number of aromatic nitrogens is 1. The summed E-state index contributed by atoms with van der Waals surface area (Å²) < 4.78 is 5.37. The Labute approximate surface area is 123 Å². The third-order valence-corrected chi connectivity index (χ3v) is 2.78. The zero-order chi connectivity index (χ0) is 14.9. The first-order chi connectivity index (χ1) is 10.3. The standard InChI is InChI=1S/C16H17N3O2/c1-2-13-6-8-15(9-7-13)21-12-16(20)19-18-11-14-5-3-4-10-17-14/h3-11H,2,12H2,1H3,(H,19,20). The van der Waals surface area contributed by atoms with E-state index in [-0.39, 0.29) is 12.5 Å². The second-order valence-electron chi connectivity index (χ2n) is 4.33. The Kier molecular flexibility index (Phi) is 5.46. The van der Waals surface area contributed by atoms with E-state index in [0.717, 1.165) is 6.42 Å². The normalized spacial score (nSPS) is 10.5. The molecule has 2 aromatic rings. The van der Waals surface area contributed by atoms with E-state index in [2.05, 4.69) is 22.4 Å². The van der Waals surface area contributed by atoms with E-state index in [0.29, 0.717) is 11.4 Å². The van der Waals surface area contributed by atoms with E-state index in [1.165, 1.54) is 11.8 Å². The van der Waals surface area contributed by atoms with E-state index < -0.39 is 0 Å². The van der Waals surface area contributed by atoms with Crippen molar-refractivity contribution in [2.75, 3.05) is 6.61 Å². The first-order valence-electron chi connectivity index (χ1n) is 6.72. The zero-order valence-corrected chi connectivity index (χ0v) is 11.8. The lowest BCUT2D eigenvalue weighted by molar-refractivity contribution is -0.123. The molecule has 0 saturated carbocycles. The van der Waals surface area contributed by atoms with Crippen molar-refractivity contribution in [2.24, 2.45) is 5.10 Å². The van der Waals surface area contributed by atoms with Crippen molar-refractivity contribution in [1.29, 1.82) is 0 Å². The molecule has 1 heterocycles. The molecule has 0 aliphatic rings. The number of hydrogen-bond donors (Lipinski definition) is 1. The van der Waals surface area contributed by atoms with Crippen LogP contribution < -0.4 is 10.2 Å². The lowest BCUT2D eigenvalue weighted by atomic mass is 10.2. The van der Waals surface area contributed by atoms with Crippen LogP contribution in [0.4, 0.5) is 0 Å². The molecule has 0 bridgehead atoms. The lowest BCUT2D eigenvalue weighted by Gasteiger charge is -2.05. The molecule has 0 atom stereocenters. The van der Waals surface area contributed by atoms with Crippen molar-refractivity contribution in [1.82, 2.24) is 10.4 Å². The van der Waals surface area contributed by atoms with E-state index in [9.17, 15) is 4.79 Å². The van der Waals surface area contributed by atoms with Gasteiger partial charge in [0.05, 0.1) is 11.9 Å². The molecule has 1 aromatic heterocycles. The monoisotopic (exact) mass is 283 g/mol. The molecule has 0 aliphatic carbocycles. The number of hydrazone groups is 1. The van der Waals surface area contributed by atoms with Gasteiger partial charge in [-0.25, -0.2) is 5.43 Å². The third-order valence-electron chi connectivity index (χ3n) is 2.78. The highest BCUT2D eigenvalue weighted by Gasteiger charge is 2.01. The minimum Gasteiger partial charge on any atom is -0.484 e. The number of aryl methyl sites for hydroxylation is 1. The number of rotatable bonds is 6. The zero-order valence-electron chi connectivity index (χ0n) is 11.8. The Bertz CT molecular complexity index is 595. The summed E-state index contributed by atoms with van der Waals surface area (Å²) in [7, 11) is 0. The average molecular weight is 283 g/mol. The number of benzene rings is 1. The second kappa shape index (κ2) is 7.79. The highest BCUT2D eigenvalue weighted by molar-refractivity contribution is 5.81. The molecule has 108 valence electrons. The molecule has 21 heavy (non-hydrogen) atoms. The van der Waals surface area contributed by atoms with E-state index in [4.69, 9.17) is 4.74 Å². The SMILES string of the molecule is CCc1ccc(OCC(=O)NN=Cc2ccccn2)cc1. The van der Waals surface area contributed by atoms with Crippen molar-refractivity contribution in [3.8, 4) is 5.75 Å². The molecule has 5 nitrogen and oxygen atoms in total. The Morgan fingerprint density at radius 1 is 1.29 bits per heavy atom. The molecular formula is C16H17N3O2. The molecule has 0 radical (unpaired) electrons. The van der Waals surface area contributed by atoms with Crippen LogP contribution >= 0.6 is 0 Å². The van der Waals surface area contributed by atoms with Gasteiger partial charge in [-0.05, 0) is 36.2 Å². The molecule has 5 heteroatoms. The predicted molar refractivity (Wildman–Crippen MR) is 81.3 cm³/mol. The summed E-state index contributed by atoms with van der Waals surface area (Å²) in [4.78, 5) is 15.6. The number of hydrogen-bond acceptors (Lipinski definition) is 4. The van der Waals surface area contributed by atoms with Crippen LogP contribution in [0.3, 0.4) is 0 Å². The summed E-state index contributed by atoms with van der Waals surface area (Å²) in [6.07, 6.45) is 4.11. The van der Waals surface area contributed by atoms with Crippen molar-refractivity contribution < 1.29 is 9.53 Å². The van der Waals surface area contributed by atoms with Gasteiger partial charge in [-0.2, -0.15) is 5.10 Å². The summed E-state index contributed by atoms with van der Waals surface area (Å²) in [5, 5.41) is 3.81. The quantitative estimate of drug-likeness (QED) is 0.653. The third kappa shape index (κ3) is 5.06. The summed E-state index contributed by atoms with van der Waals surface area (Å²) >= 11 is 0. The topological polar surface area (TPSA) is 63.6 Å². The number of ether oxygens (including phenoxy) is 1. The first kappa shape index (κ1) is 14.7. The molecule has 0 fully saturated rings. The molecule has 0 spiro atoms. The van der Waals surface area contributed by atoms with Gasteiger partial charge in [-0.3, -0.25) is 9.78 Å². The van der Waals surface area contributed by atoms with E-state index in [1.54, 1.807) is 12.3 Å². The van der Waals surface area contributed by atoms with Crippen molar-refractivity contribution in [3.63, 3.8) is 0 Å². The van der Waals surface area contributed by atoms with Crippen LogP contribution in [-0.4, -0.2) is 23.7 Å². The lowest BCUT2D eigenvalue weighted by Crippen LogP contribution is -2.24. The molecular weight excluding hydrogens is 266 g/mol. The van der Waals surface area contributed by atoms with Gasteiger partial charge >= 0.3 is 0 Å². The Balaban J connectivity index is 1.75. The molecule has 1 aromatic carbocycles. The van der Waals surface area contributed by atoms with Crippen molar-refractivity contribution in [2.45, 2.75) is 13.3 Å². The van der Waals surface area contributed by atoms with Gasteiger partial charge in [0.2, 0.25) is 0 Å². The largest absolute Gasteiger partial charge is 0.484 e. The van der Waals surface area contributed by atoms with Gasteiger partial charge in [0.15, 0.2) is 6.61 Å². The minimum atomic E-state index is -0.318. The maximum Gasteiger partial charge on any atom is 0.277 e. The smallest absolute Gasteiger partial charge is 0.277 e. The number of pyridine rings is 1. The van der Waals surface area contributed by atoms with Crippen molar-refractivity contribution in [3.05, 3.63) is 59.9 Å². The number of nitrogens with one attached hydrogen (secondary N) is 1. The molecule has 0 aliphatic heterocycles. The average Bonchev–Trinajstić information content (AvgIpc) is 2.54. The van der Waals surface area contributed by atoms with Crippen LogP contribution in [0.1, 0.15) is 18.2 Å². The highest BCUT2D eigenvalue weighted by atomic mass is 16.5. The Morgan fingerprint density at radius 3 is 2.76 bits per heavy atom. The molecule has 0 unspecified atom stereocenters. The highest BCUT2D eigenvalue weighted by Crippen LogP contribution is 2.12. The summed E-state index contributed by atoms with van der Waals surface area (Å²) in [5.74, 6) is 0.345. The number of carbonyl (C=O) groups excluding carboxylic acids is 1. The number of nitrogens with zero attached hydrogens (tertiary/aromatic N) is 2. The van der Waals surface area contributed by atoms with Gasteiger partial charge in [0, 0.05) is 6.20 Å². The predicted octanol–water partition coefficient (Wildman–Crippen LogP) is 2.17. The van der Waals surface area contributed by atoms with Gasteiger partial charge < -0.3 is 4.74 Å². The first-order valence-corrected chi connectivity index (χ1v) is 6.72. The van der Waals surface area contributed by atoms with Crippen molar-refractivity contribution >= 4 is 12.1 Å². The van der Waals surface area contributed by atoms with E-state index >= 15 is 0 Å². The minimum absolute atomic E-state index is 0.0783. The molecule has 1 amide bonds. The van der Waals surface area contributed by atoms with Crippen LogP contribution in [-0.2, 0) is 11.2 Å². The summed E-state index contributed by atoms with van der Waals surface area (Å²) in [5.41, 5.74) is 4.29. The fraction of sp³-hybridized carbons (Fsp3) is 0.188.